The lowest BCUT2D eigenvalue weighted by Gasteiger charge is -2.02. The van der Waals surface area contributed by atoms with E-state index >= 15 is 0 Å². The predicted molar refractivity (Wildman–Crippen MR) is 67.0 cm³/mol. The van der Waals surface area contributed by atoms with E-state index in [1.165, 1.54) is 0 Å². The Kier molecular flexibility index (Phi) is 2.16. The number of nitrogens with zero attached hydrogens (tertiary/aromatic N) is 4. The first-order valence-electron chi connectivity index (χ1n) is 5.43. The van der Waals surface area contributed by atoms with E-state index in [2.05, 4.69) is 15.3 Å². The number of aromatic hydroxyl groups is 1. The summed E-state index contributed by atoms with van der Waals surface area (Å²) < 4.78 is 1.64. The van der Waals surface area contributed by atoms with Gasteiger partial charge >= 0.3 is 0 Å². The van der Waals surface area contributed by atoms with Gasteiger partial charge in [0, 0.05) is 5.56 Å². The van der Waals surface area contributed by atoms with E-state index in [0.717, 1.165) is 5.69 Å². The number of aromatic nitrogens is 4. The maximum atomic E-state index is 9.62. The van der Waals surface area contributed by atoms with Gasteiger partial charge in [-0.1, -0.05) is 0 Å². The van der Waals surface area contributed by atoms with Crippen LogP contribution >= 0.6 is 0 Å². The van der Waals surface area contributed by atoms with Gasteiger partial charge in [0.2, 0.25) is 0 Å². The molecule has 0 radical (unpaired) electrons. The molecule has 2 heterocycles. The fourth-order valence-electron chi connectivity index (χ4n) is 1.74. The SMILES string of the molecule is Cc1ccc2nnc(-c3ccc(N)c(O)c3)n2n1. The minimum atomic E-state index is 0.0249. The van der Waals surface area contributed by atoms with Crippen LogP contribution in [0.4, 0.5) is 5.69 Å². The summed E-state index contributed by atoms with van der Waals surface area (Å²) in [4.78, 5) is 0. The molecule has 0 saturated heterocycles. The van der Waals surface area contributed by atoms with E-state index < -0.39 is 0 Å². The molecule has 0 aliphatic rings. The van der Waals surface area contributed by atoms with Crippen molar-refractivity contribution in [1.29, 1.82) is 0 Å². The molecule has 0 unspecified atom stereocenters. The molecule has 0 aliphatic heterocycles. The van der Waals surface area contributed by atoms with Gasteiger partial charge in [-0.2, -0.15) is 9.61 Å². The van der Waals surface area contributed by atoms with Gasteiger partial charge in [-0.05, 0) is 37.3 Å². The van der Waals surface area contributed by atoms with E-state index in [-0.39, 0.29) is 5.75 Å². The van der Waals surface area contributed by atoms with Gasteiger partial charge in [-0.3, -0.25) is 0 Å². The van der Waals surface area contributed by atoms with Gasteiger partial charge in [0.25, 0.3) is 0 Å². The zero-order valence-corrected chi connectivity index (χ0v) is 9.70. The average molecular weight is 241 g/mol. The predicted octanol–water partition coefficient (Wildman–Crippen LogP) is 1.39. The van der Waals surface area contributed by atoms with E-state index in [0.29, 0.717) is 22.7 Å². The first kappa shape index (κ1) is 10.5. The summed E-state index contributed by atoms with van der Waals surface area (Å²) in [5, 5.41) is 22.1. The molecule has 18 heavy (non-hydrogen) atoms. The van der Waals surface area contributed by atoms with E-state index in [9.17, 15) is 5.11 Å². The second-order valence-electron chi connectivity index (χ2n) is 4.04. The maximum Gasteiger partial charge on any atom is 0.185 e. The Morgan fingerprint density at radius 1 is 1.17 bits per heavy atom. The van der Waals surface area contributed by atoms with Crippen molar-refractivity contribution in [1.82, 2.24) is 19.8 Å². The monoisotopic (exact) mass is 241 g/mol. The number of rotatable bonds is 1. The standard InChI is InChI=1S/C12H11N5O/c1-7-2-5-11-14-15-12(17(11)16-7)8-3-4-9(13)10(18)6-8/h2-6,18H,13H2,1H3. The average Bonchev–Trinajstić information content (AvgIpc) is 2.75. The summed E-state index contributed by atoms with van der Waals surface area (Å²) in [7, 11) is 0. The van der Waals surface area contributed by atoms with Gasteiger partial charge < -0.3 is 10.8 Å². The van der Waals surface area contributed by atoms with Crippen molar-refractivity contribution in [3.63, 3.8) is 0 Å². The van der Waals surface area contributed by atoms with Gasteiger partial charge in [-0.25, -0.2) is 0 Å². The van der Waals surface area contributed by atoms with Crippen molar-refractivity contribution in [2.24, 2.45) is 0 Å². The van der Waals surface area contributed by atoms with Gasteiger partial charge in [0.05, 0.1) is 11.4 Å². The third kappa shape index (κ3) is 1.55. The topological polar surface area (TPSA) is 89.3 Å². The highest BCUT2D eigenvalue weighted by molar-refractivity contribution is 5.66. The summed E-state index contributed by atoms with van der Waals surface area (Å²) >= 11 is 0. The molecule has 6 nitrogen and oxygen atoms in total. The highest BCUT2D eigenvalue weighted by Gasteiger charge is 2.10. The van der Waals surface area contributed by atoms with Crippen LogP contribution in [-0.2, 0) is 0 Å². The van der Waals surface area contributed by atoms with Crippen molar-refractivity contribution >= 4 is 11.3 Å². The van der Waals surface area contributed by atoms with Crippen molar-refractivity contribution < 1.29 is 5.11 Å². The van der Waals surface area contributed by atoms with Crippen molar-refractivity contribution in [3.05, 3.63) is 36.0 Å². The zero-order chi connectivity index (χ0) is 12.7. The number of anilines is 1. The van der Waals surface area contributed by atoms with Crippen LogP contribution in [0.15, 0.2) is 30.3 Å². The molecule has 1 aromatic carbocycles. The maximum absolute atomic E-state index is 9.62. The number of benzene rings is 1. The lowest BCUT2D eigenvalue weighted by Crippen LogP contribution is -1.97. The number of phenolic OH excluding ortho intramolecular Hbond substituents is 1. The summed E-state index contributed by atoms with van der Waals surface area (Å²) in [6, 6.07) is 8.66. The fraction of sp³-hybridized carbons (Fsp3) is 0.0833. The van der Waals surface area contributed by atoms with E-state index in [1.807, 2.05) is 19.1 Å². The second-order valence-corrected chi connectivity index (χ2v) is 4.04. The Morgan fingerprint density at radius 2 is 2.00 bits per heavy atom. The molecule has 0 amide bonds. The van der Waals surface area contributed by atoms with Crippen LogP contribution in [0.25, 0.3) is 17.0 Å². The molecular weight excluding hydrogens is 230 g/mol. The summed E-state index contributed by atoms with van der Waals surface area (Å²) in [6.45, 7) is 1.89. The van der Waals surface area contributed by atoms with Crippen LogP contribution < -0.4 is 5.73 Å². The van der Waals surface area contributed by atoms with Crippen LogP contribution in [0, 0.1) is 6.92 Å². The number of nitrogen functional groups attached to an aromatic ring is 1. The van der Waals surface area contributed by atoms with Gasteiger partial charge in [-0.15, -0.1) is 10.2 Å². The molecule has 0 atom stereocenters. The number of nitrogens with two attached hydrogens (primary N) is 1. The number of fused-ring (bicyclic) bond motifs is 1. The Hall–Kier alpha value is -2.63. The smallest absolute Gasteiger partial charge is 0.185 e. The lowest BCUT2D eigenvalue weighted by molar-refractivity contribution is 0.478. The van der Waals surface area contributed by atoms with Crippen LogP contribution in [-0.4, -0.2) is 24.9 Å². The fourth-order valence-corrected chi connectivity index (χ4v) is 1.74. The van der Waals surface area contributed by atoms with Crippen LogP contribution in [0.5, 0.6) is 5.75 Å². The van der Waals surface area contributed by atoms with Crippen molar-refractivity contribution in [3.8, 4) is 17.1 Å². The molecule has 3 N–H and O–H groups in total. The minimum Gasteiger partial charge on any atom is -0.506 e. The Labute approximate surface area is 103 Å². The molecular formula is C12H11N5O. The van der Waals surface area contributed by atoms with Crippen molar-refractivity contribution in [2.75, 3.05) is 5.73 Å². The molecule has 90 valence electrons. The quantitative estimate of drug-likeness (QED) is 0.496. The number of hydrogen-bond donors (Lipinski definition) is 2. The number of hydrogen-bond acceptors (Lipinski definition) is 5. The normalized spacial score (nSPS) is 10.9. The largest absolute Gasteiger partial charge is 0.506 e. The molecule has 0 fully saturated rings. The molecule has 6 heteroatoms. The summed E-state index contributed by atoms with van der Waals surface area (Å²) in [5.74, 6) is 0.598. The molecule has 3 rings (SSSR count). The molecule has 2 aromatic heterocycles. The minimum absolute atomic E-state index is 0.0249. The third-order valence-electron chi connectivity index (χ3n) is 2.68. The Bertz CT molecular complexity index is 734. The lowest BCUT2D eigenvalue weighted by atomic mass is 10.2. The molecule has 0 saturated carbocycles. The molecule has 0 aliphatic carbocycles. The van der Waals surface area contributed by atoms with Crippen LogP contribution in [0.3, 0.4) is 0 Å². The first-order chi connectivity index (χ1) is 8.65. The number of phenols is 1. The Morgan fingerprint density at radius 3 is 2.78 bits per heavy atom. The van der Waals surface area contributed by atoms with Crippen molar-refractivity contribution in [2.45, 2.75) is 6.92 Å². The zero-order valence-electron chi connectivity index (χ0n) is 9.70. The van der Waals surface area contributed by atoms with Crippen LogP contribution in [0.2, 0.25) is 0 Å². The van der Waals surface area contributed by atoms with Crippen LogP contribution in [0.1, 0.15) is 5.69 Å². The van der Waals surface area contributed by atoms with E-state index in [4.69, 9.17) is 5.73 Å². The number of aryl methyl sites for hydroxylation is 1. The Balaban J connectivity index is 2.24. The molecule has 3 aromatic rings. The summed E-state index contributed by atoms with van der Waals surface area (Å²) in [6.07, 6.45) is 0. The van der Waals surface area contributed by atoms with E-state index in [1.54, 1.807) is 22.7 Å². The van der Waals surface area contributed by atoms with Gasteiger partial charge in [0.15, 0.2) is 11.5 Å². The summed E-state index contributed by atoms with van der Waals surface area (Å²) in [5.41, 5.74) is 8.14. The molecule has 0 spiro atoms. The third-order valence-corrected chi connectivity index (χ3v) is 2.68. The highest BCUT2D eigenvalue weighted by Crippen LogP contribution is 2.26. The highest BCUT2D eigenvalue weighted by atomic mass is 16.3. The van der Waals surface area contributed by atoms with Gasteiger partial charge in [0.1, 0.15) is 5.75 Å². The second kappa shape index (κ2) is 3.69. The first-order valence-corrected chi connectivity index (χ1v) is 5.43. The molecule has 0 bridgehead atoms.